The number of aryl methyl sites for hydroxylation is 1. The molecule has 0 saturated carbocycles. The minimum atomic E-state index is -0.244. The highest BCUT2D eigenvalue weighted by Crippen LogP contribution is 2.14. The predicted molar refractivity (Wildman–Crippen MR) is 88.1 cm³/mol. The van der Waals surface area contributed by atoms with Crippen molar-refractivity contribution in [2.24, 2.45) is 0 Å². The molecule has 0 aliphatic rings. The highest BCUT2D eigenvalue weighted by atomic mass is 79.9. The lowest BCUT2D eigenvalue weighted by molar-refractivity contribution is 0.102. The van der Waals surface area contributed by atoms with Crippen molar-refractivity contribution in [1.29, 1.82) is 0 Å². The Labute approximate surface area is 139 Å². The molecule has 3 rings (SSSR count). The molecular formula is C14H12BrN5OS. The quantitative estimate of drug-likeness (QED) is 0.757. The van der Waals surface area contributed by atoms with E-state index in [0.29, 0.717) is 11.4 Å². The minimum Gasteiger partial charge on any atom is -0.288 e. The number of rotatable bonds is 4. The van der Waals surface area contributed by atoms with Crippen molar-refractivity contribution in [2.75, 3.05) is 5.32 Å². The van der Waals surface area contributed by atoms with E-state index in [1.165, 1.54) is 11.3 Å². The Kier molecular flexibility index (Phi) is 4.30. The Balaban J connectivity index is 1.66. The first-order valence-electron chi connectivity index (χ1n) is 6.48. The van der Waals surface area contributed by atoms with Gasteiger partial charge in [-0.1, -0.05) is 28.1 Å². The second-order valence-corrected chi connectivity index (χ2v) is 6.74. The summed E-state index contributed by atoms with van der Waals surface area (Å²) in [5, 5.41) is 7.76. The Morgan fingerprint density at radius 3 is 2.77 bits per heavy atom. The maximum atomic E-state index is 12.0. The summed E-state index contributed by atoms with van der Waals surface area (Å²) in [6, 6.07) is 7.95. The lowest BCUT2D eigenvalue weighted by Gasteiger charge is -2.01. The molecule has 22 heavy (non-hydrogen) atoms. The number of hydrogen-bond acceptors (Lipinski definition) is 5. The number of carbonyl (C=O) groups excluding carboxylic acids is 1. The standard InChI is InChI=1S/C14H12BrN5OS/c1-9-16-6-12(22-9)13(21)18-14-17-8-20(19-14)7-10-2-4-11(15)5-3-10/h2-6,8H,7H2,1H3,(H,18,19,21). The van der Waals surface area contributed by atoms with Gasteiger partial charge in [-0.05, 0) is 24.6 Å². The van der Waals surface area contributed by atoms with Gasteiger partial charge in [-0.15, -0.1) is 16.4 Å². The molecule has 112 valence electrons. The fourth-order valence-electron chi connectivity index (χ4n) is 1.83. The van der Waals surface area contributed by atoms with Crippen LogP contribution in [0.2, 0.25) is 0 Å². The lowest BCUT2D eigenvalue weighted by atomic mass is 10.2. The number of carbonyl (C=O) groups is 1. The molecule has 0 atom stereocenters. The maximum absolute atomic E-state index is 12.0. The molecule has 6 nitrogen and oxygen atoms in total. The largest absolute Gasteiger partial charge is 0.288 e. The Bertz CT molecular complexity index is 796. The van der Waals surface area contributed by atoms with Gasteiger partial charge < -0.3 is 0 Å². The van der Waals surface area contributed by atoms with E-state index in [-0.39, 0.29) is 11.9 Å². The van der Waals surface area contributed by atoms with Gasteiger partial charge in [-0.2, -0.15) is 0 Å². The second kappa shape index (κ2) is 6.37. The normalized spacial score (nSPS) is 10.6. The van der Waals surface area contributed by atoms with Crippen LogP contribution >= 0.6 is 27.3 Å². The summed E-state index contributed by atoms with van der Waals surface area (Å²) < 4.78 is 2.71. The van der Waals surface area contributed by atoms with Gasteiger partial charge in [-0.25, -0.2) is 14.6 Å². The topological polar surface area (TPSA) is 72.7 Å². The molecule has 0 radical (unpaired) electrons. The number of hydrogen-bond donors (Lipinski definition) is 1. The number of benzene rings is 1. The number of anilines is 1. The van der Waals surface area contributed by atoms with Crippen LogP contribution in [-0.2, 0) is 6.54 Å². The van der Waals surface area contributed by atoms with Crippen LogP contribution in [0.3, 0.4) is 0 Å². The summed E-state index contributed by atoms with van der Waals surface area (Å²) in [5.74, 6) is 0.0418. The number of amides is 1. The second-order valence-electron chi connectivity index (χ2n) is 4.59. The third-order valence-electron chi connectivity index (χ3n) is 2.86. The van der Waals surface area contributed by atoms with Crippen LogP contribution in [0.4, 0.5) is 5.95 Å². The van der Waals surface area contributed by atoms with Crippen molar-refractivity contribution in [1.82, 2.24) is 19.7 Å². The average Bonchev–Trinajstić information content (AvgIpc) is 3.11. The van der Waals surface area contributed by atoms with Crippen molar-refractivity contribution in [3.8, 4) is 0 Å². The van der Waals surface area contributed by atoms with Crippen molar-refractivity contribution >= 4 is 39.1 Å². The van der Waals surface area contributed by atoms with E-state index in [9.17, 15) is 4.79 Å². The van der Waals surface area contributed by atoms with E-state index >= 15 is 0 Å². The monoisotopic (exact) mass is 377 g/mol. The van der Waals surface area contributed by atoms with Crippen LogP contribution in [0.25, 0.3) is 0 Å². The van der Waals surface area contributed by atoms with Gasteiger partial charge in [0.05, 0.1) is 17.7 Å². The van der Waals surface area contributed by atoms with Gasteiger partial charge in [0.15, 0.2) is 0 Å². The van der Waals surface area contributed by atoms with Gasteiger partial charge in [-0.3, -0.25) is 10.1 Å². The van der Waals surface area contributed by atoms with Gasteiger partial charge in [0.1, 0.15) is 11.2 Å². The van der Waals surface area contributed by atoms with Gasteiger partial charge in [0, 0.05) is 4.47 Å². The van der Waals surface area contributed by atoms with Crippen molar-refractivity contribution < 1.29 is 4.79 Å². The van der Waals surface area contributed by atoms with Crippen LogP contribution in [0, 0.1) is 6.92 Å². The molecule has 0 bridgehead atoms. The molecule has 8 heteroatoms. The summed E-state index contributed by atoms with van der Waals surface area (Å²) in [6.45, 7) is 2.45. The SMILES string of the molecule is Cc1ncc(C(=O)Nc2ncn(Cc3ccc(Br)cc3)n2)s1. The molecule has 1 amide bonds. The third-order valence-corrected chi connectivity index (χ3v) is 4.30. The molecule has 2 aromatic heterocycles. The number of halogens is 1. The summed E-state index contributed by atoms with van der Waals surface area (Å²) in [7, 11) is 0. The van der Waals surface area contributed by atoms with Crippen LogP contribution < -0.4 is 5.32 Å². The van der Waals surface area contributed by atoms with Gasteiger partial charge in [0.25, 0.3) is 5.91 Å². The van der Waals surface area contributed by atoms with E-state index in [4.69, 9.17) is 0 Å². The molecular weight excluding hydrogens is 366 g/mol. The summed E-state index contributed by atoms with van der Waals surface area (Å²) in [5.41, 5.74) is 1.10. The van der Waals surface area contributed by atoms with Gasteiger partial charge in [0.2, 0.25) is 5.95 Å². The third kappa shape index (κ3) is 3.58. The summed E-state index contributed by atoms with van der Waals surface area (Å²) >= 11 is 4.74. The Morgan fingerprint density at radius 2 is 2.09 bits per heavy atom. The van der Waals surface area contributed by atoms with E-state index in [2.05, 4.69) is 36.3 Å². The van der Waals surface area contributed by atoms with E-state index in [0.717, 1.165) is 15.0 Å². The summed E-state index contributed by atoms with van der Waals surface area (Å²) in [4.78, 5) is 20.7. The van der Waals surface area contributed by atoms with Crippen molar-refractivity contribution in [2.45, 2.75) is 13.5 Å². The van der Waals surface area contributed by atoms with Crippen LogP contribution in [0.5, 0.6) is 0 Å². The highest BCUT2D eigenvalue weighted by Gasteiger charge is 2.11. The molecule has 2 heterocycles. The zero-order chi connectivity index (χ0) is 15.5. The zero-order valence-electron chi connectivity index (χ0n) is 11.7. The minimum absolute atomic E-state index is 0.244. The molecule has 0 unspecified atom stereocenters. The first-order chi connectivity index (χ1) is 10.6. The zero-order valence-corrected chi connectivity index (χ0v) is 14.1. The molecule has 1 N–H and O–H groups in total. The van der Waals surface area contributed by atoms with Crippen LogP contribution in [-0.4, -0.2) is 25.7 Å². The van der Waals surface area contributed by atoms with Crippen molar-refractivity contribution in [3.05, 3.63) is 56.7 Å². The summed E-state index contributed by atoms with van der Waals surface area (Å²) in [6.07, 6.45) is 3.14. The van der Waals surface area contributed by atoms with Crippen molar-refractivity contribution in [3.63, 3.8) is 0 Å². The molecule has 0 aliphatic heterocycles. The number of aromatic nitrogens is 4. The molecule has 1 aromatic carbocycles. The first kappa shape index (κ1) is 14.9. The van der Waals surface area contributed by atoms with E-state index in [1.807, 2.05) is 31.2 Å². The molecule has 3 aromatic rings. The number of nitrogens with zero attached hydrogens (tertiary/aromatic N) is 4. The predicted octanol–water partition coefficient (Wildman–Crippen LogP) is 3.11. The Hall–Kier alpha value is -2.06. The molecule has 0 saturated heterocycles. The van der Waals surface area contributed by atoms with Crippen LogP contribution in [0.15, 0.2) is 41.3 Å². The fraction of sp³-hybridized carbons (Fsp3) is 0.143. The molecule has 0 spiro atoms. The number of nitrogens with one attached hydrogen (secondary N) is 1. The molecule has 0 fully saturated rings. The van der Waals surface area contributed by atoms with E-state index < -0.39 is 0 Å². The lowest BCUT2D eigenvalue weighted by Crippen LogP contribution is -2.12. The molecule has 0 aliphatic carbocycles. The van der Waals surface area contributed by atoms with Crippen LogP contribution in [0.1, 0.15) is 20.2 Å². The smallest absolute Gasteiger partial charge is 0.269 e. The highest BCUT2D eigenvalue weighted by molar-refractivity contribution is 9.10. The Morgan fingerprint density at radius 1 is 1.32 bits per heavy atom. The fourth-order valence-corrected chi connectivity index (χ4v) is 2.77. The van der Waals surface area contributed by atoms with E-state index in [1.54, 1.807) is 17.2 Å². The average molecular weight is 378 g/mol. The number of thiazole rings is 1. The first-order valence-corrected chi connectivity index (χ1v) is 8.09. The maximum Gasteiger partial charge on any atom is 0.269 e. The van der Waals surface area contributed by atoms with Gasteiger partial charge >= 0.3 is 0 Å².